The smallest absolute Gasteiger partial charge is 0.411 e. The normalized spacial score (nSPS) is 14.2. The molecule has 0 saturated carbocycles. The van der Waals surface area contributed by atoms with Gasteiger partial charge in [0.15, 0.2) is 11.6 Å². The molecule has 0 bridgehead atoms. The second-order valence-corrected chi connectivity index (χ2v) is 7.90. The molecule has 10 heteroatoms. The third-order valence-electron chi connectivity index (χ3n) is 5.61. The average Bonchev–Trinajstić information content (AvgIpc) is 2.83. The Bertz CT molecular complexity index is 1230. The summed E-state index contributed by atoms with van der Waals surface area (Å²) in [4.78, 5) is 27.7. The Labute approximate surface area is 194 Å². The summed E-state index contributed by atoms with van der Waals surface area (Å²) in [5.74, 6) is -1.97. The van der Waals surface area contributed by atoms with E-state index in [1.165, 1.54) is 27.8 Å². The fourth-order valence-corrected chi connectivity index (χ4v) is 3.77. The number of carboxylic acid groups (broad SMARTS) is 1. The Kier molecular flexibility index (Phi) is 7.29. The first-order valence-electron chi connectivity index (χ1n) is 10.8. The van der Waals surface area contributed by atoms with Crippen LogP contribution in [0, 0.1) is 11.6 Å². The van der Waals surface area contributed by atoms with E-state index in [4.69, 9.17) is 4.74 Å². The molecule has 1 fully saturated rings. The van der Waals surface area contributed by atoms with Crippen LogP contribution in [0.25, 0.3) is 11.3 Å². The molecule has 2 heterocycles. The Hall–Kier alpha value is -3.63. The number of ether oxygens (including phenoxy) is 1. The van der Waals surface area contributed by atoms with Gasteiger partial charge in [-0.3, -0.25) is 14.6 Å². The molecule has 34 heavy (non-hydrogen) atoms. The average molecular weight is 470 g/mol. The van der Waals surface area contributed by atoms with Crippen LogP contribution in [0.15, 0.2) is 59.4 Å². The Morgan fingerprint density at radius 1 is 1.06 bits per heavy atom. The highest BCUT2D eigenvalue weighted by molar-refractivity contribution is 5.86. The lowest BCUT2D eigenvalue weighted by Gasteiger charge is -2.29. The van der Waals surface area contributed by atoms with E-state index < -0.39 is 17.7 Å². The van der Waals surface area contributed by atoms with Crippen LogP contribution >= 0.6 is 0 Å². The molecule has 1 aliphatic heterocycles. The van der Waals surface area contributed by atoms with Gasteiger partial charge in [0.1, 0.15) is 0 Å². The number of benzene rings is 2. The van der Waals surface area contributed by atoms with Gasteiger partial charge in [-0.15, -0.1) is 0 Å². The third kappa shape index (κ3) is 5.64. The molecule has 1 saturated heterocycles. The van der Waals surface area contributed by atoms with E-state index in [0.717, 1.165) is 25.2 Å². The molecular weight excluding hydrogens is 446 g/mol. The minimum atomic E-state index is -1.07. The van der Waals surface area contributed by atoms with Crippen molar-refractivity contribution in [2.45, 2.75) is 6.54 Å². The zero-order chi connectivity index (χ0) is 24.1. The first kappa shape index (κ1) is 23.5. The van der Waals surface area contributed by atoms with Crippen LogP contribution in [0.3, 0.4) is 0 Å². The van der Waals surface area contributed by atoms with Crippen LogP contribution in [0.2, 0.25) is 0 Å². The van der Waals surface area contributed by atoms with Crippen molar-refractivity contribution >= 4 is 11.8 Å². The number of carbonyl (C=O) groups is 1. The highest BCUT2D eigenvalue weighted by atomic mass is 19.2. The molecule has 178 valence electrons. The van der Waals surface area contributed by atoms with Gasteiger partial charge in [-0.2, -0.15) is 5.10 Å². The summed E-state index contributed by atoms with van der Waals surface area (Å²) < 4.78 is 33.4. The summed E-state index contributed by atoms with van der Waals surface area (Å²) in [7, 11) is 0. The molecule has 8 nitrogen and oxygen atoms in total. The molecule has 1 aromatic heterocycles. The van der Waals surface area contributed by atoms with Gasteiger partial charge >= 0.3 is 6.09 Å². The fraction of sp³-hybridized carbons (Fsp3) is 0.292. The van der Waals surface area contributed by atoms with Crippen molar-refractivity contribution in [2.75, 3.05) is 44.3 Å². The first-order chi connectivity index (χ1) is 16.4. The van der Waals surface area contributed by atoms with Crippen molar-refractivity contribution in [1.29, 1.82) is 0 Å². The Morgan fingerprint density at radius 3 is 2.59 bits per heavy atom. The maximum atomic E-state index is 13.6. The molecular formula is C24H24F2N4O4. The van der Waals surface area contributed by atoms with E-state index in [0.29, 0.717) is 48.8 Å². The van der Waals surface area contributed by atoms with Crippen molar-refractivity contribution in [3.05, 3.63) is 82.1 Å². The maximum Gasteiger partial charge on any atom is 0.411 e. The minimum Gasteiger partial charge on any atom is -0.465 e. The Morgan fingerprint density at radius 2 is 1.85 bits per heavy atom. The van der Waals surface area contributed by atoms with Crippen LogP contribution in [-0.4, -0.2) is 65.3 Å². The lowest BCUT2D eigenvalue weighted by atomic mass is 10.1. The SMILES string of the molecule is O=C(O)N(CCN1CCOCC1)c1cccc(Cn2nc(-c3ccc(F)c(F)c3)ccc2=O)c1. The number of morpholine rings is 1. The maximum absolute atomic E-state index is 13.6. The molecule has 0 aliphatic carbocycles. The Balaban J connectivity index is 1.53. The molecule has 2 aromatic carbocycles. The molecule has 4 rings (SSSR count). The standard InChI is InChI=1S/C24H24F2N4O4/c25-20-5-4-18(15-21(20)26)22-6-7-23(31)30(27-22)16-17-2-1-3-19(14-17)29(24(32)33)9-8-28-10-12-34-13-11-28/h1-7,14-15H,8-13,16H2,(H,32,33). The number of amides is 1. The van der Waals surface area contributed by atoms with Crippen LogP contribution < -0.4 is 10.5 Å². The molecule has 0 radical (unpaired) electrons. The van der Waals surface area contributed by atoms with Crippen LogP contribution in [-0.2, 0) is 11.3 Å². The fourth-order valence-electron chi connectivity index (χ4n) is 3.77. The quantitative estimate of drug-likeness (QED) is 0.571. The van der Waals surface area contributed by atoms with Gasteiger partial charge in [0.2, 0.25) is 0 Å². The summed E-state index contributed by atoms with van der Waals surface area (Å²) in [6, 6.07) is 13.0. The van der Waals surface area contributed by atoms with Crippen LogP contribution in [0.5, 0.6) is 0 Å². The number of aromatic nitrogens is 2. The third-order valence-corrected chi connectivity index (χ3v) is 5.61. The van der Waals surface area contributed by atoms with E-state index in [1.54, 1.807) is 24.3 Å². The van der Waals surface area contributed by atoms with E-state index in [1.807, 2.05) is 0 Å². The van der Waals surface area contributed by atoms with Crippen LogP contribution in [0.1, 0.15) is 5.56 Å². The van der Waals surface area contributed by atoms with Gasteiger partial charge in [-0.25, -0.2) is 18.3 Å². The van der Waals surface area contributed by atoms with Gasteiger partial charge in [0, 0.05) is 43.5 Å². The van der Waals surface area contributed by atoms with Crippen molar-refractivity contribution in [2.24, 2.45) is 0 Å². The van der Waals surface area contributed by atoms with E-state index in [9.17, 15) is 23.5 Å². The summed E-state index contributed by atoms with van der Waals surface area (Å²) in [6.07, 6.45) is -1.07. The predicted molar refractivity (Wildman–Crippen MR) is 122 cm³/mol. The van der Waals surface area contributed by atoms with E-state index in [-0.39, 0.29) is 12.1 Å². The van der Waals surface area contributed by atoms with Gasteiger partial charge in [0.05, 0.1) is 25.5 Å². The van der Waals surface area contributed by atoms with E-state index in [2.05, 4.69) is 10.00 Å². The number of hydrogen-bond donors (Lipinski definition) is 1. The highest BCUT2D eigenvalue weighted by Crippen LogP contribution is 2.20. The van der Waals surface area contributed by atoms with E-state index >= 15 is 0 Å². The number of rotatable bonds is 7. The number of anilines is 1. The van der Waals surface area contributed by atoms with Gasteiger partial charge < -0.3 is 9.84 Å². The largest absolute Gasteiger partial charge is 0.465 e. The highest BCUT2D eigenvalue weighted by Gasteiger charge is 2.18. The van der Waals surface area contributed by atoms with Crippen molar-refractivity contribution in [3.8, 4) is 11.3 Å². The van der Waals surface area contributed by atoms with Gasteiger partial charge in [-0.05, 0) is 42.0 Å². The van der Waals surface area contributed by atoms with Crippen LogP contribution in [0.4, 0.5) is 19.3 Å². The summed E-state index contributed by atoms with van der Waals surface area (Å²) in [6.45, 7) is 3.75. The molecule has 0 unspecified atom stereocenters. The monoisotopic (exact) mass is 470 g/mol. The molecule has 1 N–H and O–H groups in total. The van der Waals surface area contributed by atoms with Crippen molar-refractivity contribution in [1.82, 2.24) is 14.7 Å². The van der Waals surface area contributed by atoms with Gasteiger partial charge in [-0.1, -0.05) is 12.1 Å². The minimum absolute atomic E-state index is 0.0844. The van der Waals surface area contributed by atoms with Crippen molar-refractivity contribution < 1.29 is 23.4 Å². The lowest BCUT2D eigenvalue weighted by Crippen LogP contribution is -2.42. The molecule has 1 aliphatic rings. The number of halogens is 2. The molecule has 0 atom stereocenters. The molecule has 0 spiro atoms. The summed E-state index contributed by atoms with van der Waals surface area (Å²) in [5, 5.41) is 14.0. The second-order valence-electron chi connectivity index (χ2n) is 7.90. The van der Waals surface area contributed by atoms with Crippen molar-refractivity contribution in [3.63, 3.8) is 0 Å². The number of nitrogens with zero attached hydrogens (tertiary/aromatic N) is 4. The summed E-state index contributed by atoms with van der Waals surface area (Å²) >= 11 is 0. The van der Waals surface area contributed by atoms with Gasteiger partial charge in [0.25, 0.3) is 5.56 Å². The zero-order valence-electron chi connectivity index (χ0n) is 18.4. The predicted octanol–water partition coefficient (Wildman–Crippen LogP) is 3.05. The lowest BCUT2D eigenvalue weighted by molar-refractivity contribution is 0.0392. The zero-order valence-corrected chi connectivity index (χ0v) is 18.4. The second kappa shape index (κ2) is 10.5. The topological polar surface area (TPSA) is 87.9 Å². The summed E-state index contributed by atoms with van der Waals surface area (Å²) in [5.41, 5.74) is 1.43. The first-order valence-corrected chi connectivity index (χ1v) is 10.8. The molecule has 3 aromatic rings. The number of hydrogen-bond acceptors (Lipinski definition) is 5. The molecule has 1 amide bonds.